The van der Waals surface area contributed by atoms with Crippen LogP contribution in [-0.4, -0.2) is 30.8 Å². The van der Waals surface area contributed by atoms with Crippen LogP contribution >= 0.6 is 15.9 Å². The summed E-state index contributed by atoms with van der Waals surface area (Å²) in [6, 6.07) is 3.66. The molecule has 1 unspecified atom stereocenters. The number of nitrogens with two attached hydrogens (primary N) is 1. The van der Waals surface area contributed by atoms with E-state index in [1.54, 1.807) is 6.07 Å². The highest BCUT2D eigenvalue weighted by Gasteiger charge is 2.27. The van der Waals surface area contributed by atoms with Gasteiger partial charge in [-0.1, -0.05) is 32.6 Å². The number of nitrogens with one attached hydrogen (secondary N) is 1. The molecule has 1 aromatic rings. The predicted octanol–water partition coefficient (Wildman–Crippen LogP) is 3.80. The molecule has 5 nitrogen and oxygen atoms in total. The molecule has 0 amide bonds. The lowest BCUT2D eigenvalue weighted by Gasteiger charge is -2.29. The van der Waals surface area contributed by atoms with Crippen molar-refractivity contribution in [3.8, 4) is 0 Å². The van der Waals surface area contributed by atoms with Gasteiger partial charge in [0.15, 0.2) is 0 Å². The highest BCUT2D eigenvalue weighted by Crippen LogP contribution is 2.38. The molecule has 140 valence electrons. The predicted molar refractivity (Wildman–Crippen MR) is 104 cm³/mol. The van der Waals surface area contributed by atoms with Gasteiger partial charge in [-0.3, -0.25) is 0 Å². The minimum absolute atomic E-state index is 0.00454. The van der Waals surface area contributed by atoms with E-state index in [0.29, 0.717) is 21.6 Å². The van der Waals surface area contributed by atoms with Gasteiger partial charge in [-0.15, -0.1) is 0 Å². The topological polar surface area (TPSA) is 84.6 Å². The highest BCUT2D eigenvalue weighted by molar-refractivity contribution is 9.10. The fraction of sp³-hybridized carbons (Fsp3) is 0.632. The smallest absolute Gasteiger partial charge is 0.338 e. The summed E-state index contributed by atoms with van der Waals surface area (Å²) >= 11 is 3.48. The summed E-state index contributed by atoms with van der Waals surface area (Å²) in [6.45, 7) is 2.75. The zero-order valence-electron chi connectivity index (χ0n) is 14.9. The van der Waals surface area contributed by atoms with Crippen molar-refractivity contribution in [1.82, 2.24) is 5.32 Å². The van der Waals surface area contributed by atoms with E-state index in [4.69, 9.17) is 15.6 Å². The second-order valence-electron chi connectivity index (χ2n) is 6.61. The third kappa shape index (κ3) is 5.43. The number of ether oxygens (including phenoxy) is 1. The lowest BCUT2D eigenvalue weighted by Crippen LogP contribution is -2.29. The van der Waals surface area contributed by atoms with Gasteiger partial charge < -0.3 is 20.9 Å². The number of aliphatic hydroxyl groups is 1. The van der Waals surface area contributed by atoms with E-state index in [2.05, 4.69) is 28.2 Å². The summed E-state index contributed by atoms with van der Waals surface area (Å²) in [5, 5.41) is 12.4. The summed E-state index contributed by atoms with van der Waals surface area (Å²) in [5.74, 6) is 0.0764. The maximum Gasteiger partial charge on any atom is 0.338 e. The number of carbonyl (C=O) groups is 1. The quantitative estimate of drug-likeness (QED) is 0.360. The van der Waals surface area contributed by atoms with E-state index in [0.717, 1.165) is 12.1 Å². The van der Waals surface area contributed by atoms with Crippen LogP contribution in [0.15, 0.2) is 16.6 Å². The molecule has 0 aromatic heterocycles. The van der Waals surface area contributed by atoms with E-state index in [9.17, 15) is 4.79 Å². The second-order valence-corrected chi connectivity index (χ2v) is 7.46. The number of aliphatic hydroxyl groups excluding tert-OH is 1. The fourth-order valence-corrected chi connectivity index (χ4v) is 4.11. The molecular formula is C19H29BrN2O3. The van der Waals surface area contributed by atoms with Gasteiger partial charge in [0.25, 0.3) is 0 Å². The zero-order chi connectivity index (χ0) is 18.2. The molecule has 0 aliphatic heterocycles. The second kappa shape index (κ2) is 10.1. The molecule has 0 bridgehead atoms. The SMILES string of the molecule is CCNC(c1cc(C(=O)OCCO)cc(Br)c1N)C1CCCCCC1. The van der Waals surface area contributed by atoms with Crippen molar-refractivity contribution >= 4 is 27.6 Å². The van der Waals surface area contributed by atoms with Crippen LogP contribution in [0.25, 0.3) is 0 Å². The number of nitrogen functional groups attached to an aromatic ring is 1. The van der Waals surface area contributed by atoms with Crippen molar-refractivity contribution in [3.63, 3.8) is 0 Å². The van der Waals surface area contributed by atoms with Crippen molar-refractivity contribution in [3.05, 3.63) is 27.7 Å². The number of esters is 1. The molecular weight excluding hydrogens is 384 g/mol. The number of benzene rings is 1. The van der Waals surface area contributed by atoms with Crippen molar-refractivity contribution < 1.29 is 14.6 Å². The molecule has 0 spiro atoms. The average molecular weight is 413 g/mol. The summed E-state index contributed by atoms with van der Waals surface area (Å²) < 4.78 is 5.77. The number of carbonyl (C=O) groups excluding carboxylic acids is 1. The maximum atomic E-state index is 12.2. The lowest BCUT2D eigenvalue weighted by molar-refractivity contribution is 0.0433. The van der Waals surface area contributed by atoms with Crippen LogP contribution in [0.2, 0.25) is 0 Å². The Morgan fingerprint density at radius 3 is 2.64 bits per heavy atom. The number of halogens is 1. The van der Waals surface area contributed by atoms with Crippen LogP contribution in [0, 0.1) is 5.92 Å². The van der Waals surface area contributed by atoms with E-state index < -0.39 is 5.97 Å². The third-order valence-corrected chi connectivity index (χ3v) is 5.51. The lowest BCUT2D eigenvalue weighted by atomic mass is 9.85. The van der Waals surface area contributed by atoms with Gasteiger partial charge in [0.05, 0.1) is 17.9 Å². The molecule has 1 aromatic carbocycles. The van der Waals surface area contributed by atoms with Crippen LogP contribution in [0.3, 0.4) is 0 Å². The molecule has 1 aliphatic rings. The van der Waals surface area contributed by atoms with Gasteiger partial charge in [0.1, 0.15) is 6.61 Å². The van der Waals surface area contributed by atoms with Gasteiger partial charge in [-0.25, -0.2) is 4.79 Å². The first-order valence-corrected chi connectivity index (χ1v) is 9.98. The summed E-state index contributed by atoms with van der Waals surface area (Å²) in [5.41, 5.74) is 8.44. The monoisotopic (exact) mass is 412 g/mol. The van der Waals surface area contributed by atoms with Crippen LogP contribution < -0.4 is 11.1 Å². The summed E-state index contributed by atoms with van der Waals surface area (Å²) in [7, 11) is 0. The Kier molecular flexibility index (Phi) is 8.19. The molecule has 0 saturated heterocycles. The largest absolute Gasteiger partial charge is 0.460 e. The Bertz CT molecular complexity index is 572. The summed E-state index contributed by atoms with van der Waals surface area (Å²) in [6.07, 6.45) is 7.42. The van der Waals surface area contributed by atoms with E-state index in [-0.39, 0.29) is 19.3 Å². The molecule has 2 rings (SSSR count). The Hall–Kier alpha value is -1.11. The molecule has 4 N–H and O–H groups in total. The molecule has 1 fully saturated rings. The Morgan fingerprint density at radius 2 is 2.04 bits per heavy atom. The normalized spacial score (nSPS) is 17.1. The van der Waals surface area contributed by atoms with Crippen molar-refractivity contribution in [2.45, 2.75) is 51.5 Å². The van der Waals surface area contributed by atoms with Gasteiger partial charge in [0.2, 0.25) is 0 Å². The van der Waals surface area contributed by atoms with Crippen molar-refractivity contribution in [1.29, 1.82) is 0 Å². The van der Waals surface area contributed by atoms with Gasteiger partial charge >= 0.3 is 5.97 Å². The minimum Gasteiger partial charge on any atom is -0.460 e. The molecule has 0 heterocycles. The number of hydrogen-bond acceptors (Lipinski definition) is 5. The molecule has 25 heavy (non-hydrogen) atoms. The van der Waals surface area contributed by atoms with E-state index in [1.165, 1.54) is 38.5 Å². The first-order valence-electron chi connectivity index (χ1n) is 9.18. The Morgan fingerprint density at radius 1 is 1.36 bits per heavy atom. The highest BCUT2D eigenvalue weighted by atomic mass is 79.9. The Labute approximate surface area is 158 Å². The Balaban J connectivity index is 2.34. The van der Waals surface area contributed by atoms with Crippen molar-refractivity contribution in [2.75, 3.05) is 25.5 Å². The molecule has 1 aliphatic carbocycles. The molecule has 0 radical (unpaired) electrons. The standard InChI is InChI=1S/C19H29BrN2O3/c1-2-22-18(13-7-5-3-4-6-8-13)15-11-14(12-16(20)17(15)21)19(24)25-10-9-23/h11-13,18,22-23H,2-10,21H2,1H3. The maximum absolute atomic E-state index is 12.2. The number of hydrogen-bond donors (Lipinski definition) is 3. The minimum atomic E-state index is -0.438. The van der Waals surface area contributed by atoms with Gasteiger partial charge in [-0.05, 0) is 58.9 Å². The van der Waals surface area contributed by atoms with Crippen LogP contribution in [0.4, 0.5) is 5.69 Å². The van der Waals surface area contributed by atoms with Crippen LogP contribution in [0.5, 0.6) is 0 Å². The van der Waals surface area contributed by atoms with Crippen LogP contribution in [0.1, 0.15) is 67.4 Å². The van der Waals surface area contributed by atoms with Gasteiger partial charge in [-0.2, -0.15) is 0 Å². The van der Waals surface area contributed by atoms with Crippen molar-refractivity contribution in [2.24, 2.45) is 5.92 Å². The first-order chi connectivity index (χ1) is 12.1. The van der Waals surface area contributed by atoms with E-state index >= 15 is 0 Å². The average Bonchev–Trinajstić information content (AvgIpc) is 2.89. The fourth-order valence-electron chi connectivity index (χ4n) is 3.63. The van der Waals surface area contributed by atoms with Crippen LogP contribution in [-0.2, 0) is 4.74 Å². The number of rotatable bonds is 7. The first kappa shape index (κ1) is 20.2. The molecule has 6 heteroatoms. The van der Waals surface area contributed by atoms with Gasteiger partial charge in [0, 0.05) is 10.5 Å². The third-order valence-electron chi connectivity index (χ3n) is 4.85. The zero-order valence-corrected chi connectivity index (χ0v) is 16.5. The van der Waals surface area contributed by atoms with E-state index in [1.807, 2.05) is 6.07 Å². The molecule has 1 saturated carbocycles. The molecule has 1 atom stereocenters. The summed E-state index contributed by atoms with van der Waals surface area (Å²) in [4.78, 5) is 12.2. The number of anilines is 1.